The Morgan fingerprint density at radius 1 is 1.17 bits per heavy atom. The van der Waals surface area contributed by atoms with Crippen LogP contribution in [-0.4, -0.2) is 50.3 Å². The van der Waals surface area contributed by atoms with Crippen LogP contribution in [0.5, 0.6) is 0 Å². The van der Waals surface area contributed by atoms with Crippen LogP contribution in [0.3, 0.4) is 0 Å². The number of carbonyl (C=O) groups excluding carboxylic acids is 1. The third-order valence-electron chi connectivity index (χ3n) is 4.59. The van der Waals surface area contributed by atoms with Gasteiger partial charge in [-0.2, -0.15) is 0 Å². The molecule has 0 bridgehead atoms. The second-order valence-electron chi connectivity index (χ2n) is 7.08. The number of carbonyl (C=O) groups is 1. The zero-order valence-electron chi connectivity index (χ0n) is 16.6. The molecule has 2 aromatic carbocycles. The summed E-state index contributed by atoms with van der Waals surface area (Å²) in [6.45, 7) is 2.56. The fourth-order valence-corrected chi connectivity index (χ4v) is 4.32. The van der Waals surface area contributed by atoms with Crippen molar-refractivity contribution in [3.05, 3.63) is 63.0 Å². The van der Waals surface area contributed by atoms with Crippen LogP contribution < -0.4 is 10.2 Å². The van der Waals surface area contributed by atoms with Crippen molar-refractivity contribution in [1.82, 2.24) is 4.90 Å². The van der Waals surface area contributed by atoms with Gasteiger partial charge in [0.2, 0.25) is 0 Å². The smallest absolute Gasteiger partial charge is 0.264 e. The average Bonchev–Trinajstić information content (AvgIpc) is 2.70. The number of benzene rings is 2. The first-order valence-electron chi connectivity index (χ1n) is 9.55. The highest BCUT2D eigenvalue weighted by Gasteiger charge is 2.25. The third-order valence-corrected chi connectivity index (χ3v) is 6.32. The molecule has 1 heterocycles. The minimum absolute atomic E-state index is 0.0120. The molecule has 0 radical (unpaired) electrons. The number of para-hydroxylation sites is 1. The number of anilines is 2. The molecular formula is C22H25Cl2N3OS. The summed E-state index contributed by atoms with van der Waals surface area (Å²) in [6.07, 6.45) is 3.03. The summed E-state index contributed by atoms with van der Waals surface area (Å²) < 4.78 is 0. The maximum Gasteiger partial charge on any atom is 0.264 e. The standard InChI is InChI=1S/C22H25Cl2N3OS/c1-26(2)11-5-10-25-20-7-4-3-6-16(20)14-21-22(28)27(12-13-29-21)17-8-9-18(23)19(24)15-17/h3-4,6-9,14-15,25H,5,10-13H2,1-2H3/b21-14-. The van der Waals surface area contributed by atoms with Crippen LogP contribution in [0.2, 0.25) is 10.0 Å². The molecular weight excluding hydrogens is 425 g/mol. The van der Waals surface area contributed by atoms with Crippen molar-refractivity contribution in [3.63, 3.8) is 0 Å². The largest absolute Gasteiger partial charge is 0.385 e. The van der Waals surface area contributed by atoms with Gasteiger partial charge in [0, 0.05) is 30.2 Å². The molecule has 0 spiro atoms. The Morgan fingerprint density at radius 3 is 2.72 bits per heavy atom. The van der Waals surface area contributed by atoms with Gasteiger partial charge in [0.25, 0.3) is 5.91 Å². The van der Waals surface area contributed by atoms with E-state index in [0.717, 1.165) is 47.1 Å². The van der Waals surface area contributed by atoms with E-state index in [2.05, 4.69) is 30.4 Å². The summed E-state index contributed by atoms with van der Waals surface area (Å²) in [6, 6.07) is 13.4. The Balaban J connectivity index is 1.77. The highest BCUT2D eigenvalue weighted by Crippen LogP contribution is 2.33. The lowest BCUT2D eigenvalue weighted by molar-refractivity contribution is -0.114. The van der Waals surface area contributed by atoms with Crippen LogP contribution >= 0.6 is 35.0 Å². The summed E-state index contributed by atoms with van der Waals surface area (Å²) >= 11 is 13.8. The average molecular weight is 450 g/mol. The van der Waals surface area contributed by atoms with E-state index >= 15 is 0 Å². The van der Waals surface area contributed by atoms with Gasteiger partial charge in [-0.15, -0.1) is 11.8 Å². The topological polar surface area (TPSA) is 35.6 Å². The third kappa shape index (κ3) is 5.92. The molecule has 29 heavy (non-hydrogen) atoms. The molecule has 1 amide bonds. The molecule has 2 aromatic rings. The highest BCUT2D eigenvalue weighted by molar-refractivity contribution is 8.04. The molecule has 3 rings (SSSR count). The van der Waals surface area contributed by atoms with E-state index in [1.807, 2.05) is 30.3 Å². The molecule has 0 unspecified atom stereocenters. The normalized spacial score (nSPS) is 16.0. The Morgan fingerprint density at radius 2 is 1.97 bits per heavy atom. The molecule has 1 fully saturated rings. The predicted octanol–water partition coefficient (Wildman–Crippen LogP) is 5.48. The minimum Gasteiger partial charge on any atom is -0.385 e. The number of nitrogens with zero attached hydrogens (tertiary/aromatic N) is 2. The molecule has 1 N–H and O–H groups in total. The van der Waals surface area contributed by atoms with Crippen LogP contribution in [0.15, 0.2) is 47.4 Å². The van der Waals surface area contributed by atoms with Crippen LogP contribution in [-0.2, 0) is 4.79 Å². The van der Waals surface area contributed by atoms with Crippen LogP contribution in [0.4, 0.5) is 11.4 Å². The minimum atomic E-state index is -0.0120. The summed E-state index contributed by atoms with van der Waals surface area (Å²) in [7, 11) is 4.15. The predicted molar refractivity (Wildman–Crippen MR) is 127 cm³/mol. The van der Waals surface area contributed by atoms with Crippen molar-refractivity contribution in [1.29, 1.82) is 0 Å². The fraction of sp³-hybridized carbons (Fsp3) is 0.318. The molecule has 1 saturated heterocycles. The summed E-state index contributed by atoms with van der Waals surface area (Å²) in [5, 5.41) is 4.43. The van der Waals surface area contributed by atoms with E-state index in [1.165, 1.54) is 0 Å². The van der Waals surface area contributed by atoms with Gasteiger partial charge in [-0.25, -0.2) is 0 Å². The van der Waals surface area contributed by atoms with Crippen molar-refractivity contribution < 1.29 is 4.79 Å². The lowest BCUT2D eigenvalue weighted by atomic mass is 10.1. The highest BCUT2D eigenvalue weighted by atomic mass is 35.5. The molecule has 0 aliphatic carbocycles. The number of hydrogen-bond acceptors (Lipinski definition) is 4. The van der Waals surface area contributed by atoms with Crippen molar-refractivity contribution in [2.75, 3.05) is 49.7 Å². The van der Waals surface area contributed by atoms with Crippen molar-refractivity contribution in [2.45, 2.75) is 6.42 Å². The number of nitrogens with one attached hydrogen (secondary N) is 1. The summed E-state index contributed by atoms with van der Waals surface area (Å²) in [4.78, 5) is 17.8. The van der Waals surface area contributed by atoms with E-state index in [1.54, 1.807) is 28.8 Å². The molecule has 1 aliphatic rings. The van der Waals surface area contributed by atoms with Gasteiger partial charge in [-0.1, -0.05) is 41.4 Å². The first-order chi connectivity index (χ1) is 14.0. The van der Waals surface area contributed by atoms with E-state index in [-0.39, 0.29) is 5.91 Å². The van der Waals surface area contributed by atoms with Crippen molar-refractivity contribution in [2.24, 2.45) is 0 Å². The van der Waals surface area contributed by atoms with Crippen molar-refractivity contribution in [3.8, 4) is 0 Å². The van der Waals surface area contributed by atoms with Gasteiger partial charge in [0.1, 0.15) is 0 Å². The fourth-order valence-electron chi connectivity index (χ4n) is 3.09. The maximum absolute atomic E-state index is 13.1. The Kier molecular flexibility index (Phi) is 7.90. The van der Waals surface area contributed by atoms with Gasteiger partial charge in [-0.3, -0.25) is 4.79 Å². The molecule has 0 aromatic heterocycles. The molecule has 0 saturated carbocycles. The molecule has 4 nitrogen and oxygen atoms in total. The lowest BCUT2D eigenvalue weighted by Gasteiger charge is -2.28. The van der Waals surface area contributed by atoms with Gasteiger partial charge in [-0.05, 0) is 63.0 Å². The molecule has 7 heteroatoms. The van der Waals surface area contributed by atoms with E-state index < -0.39 is 0 Å². The number of amides is 1. The van der Waals surface area contributed by atoms with E-state index in [9.17, 15) is 4.79 Å². The van der Waals surface area contributed by atoms with Crippen LogP contribution in [0.25, 0.3) is 6.08 Å². The number of halogens is 2. The number of rotatable bonds is 7. The molecule has 154 valence electrons. The monoisotopic (exact) mass is 449 g/mol. The zero-order valence-corrected chi connectivity index (χ0v) is 18.9. The number of hydrogen-bond donors (Lipinski definition) is 1. The first-order valence-corrected chi connectivity index (χ1v) is 11.3. The second kappa shape index (κ2) is 10.4. The lowest BCUT2D eigenvalue weighted by Crippen LogP contribution is -2.37. The van der Waals surface area contributed by atoms with Gasteiger partial charge >= 0.3 is 0 Å². The second-order valence-corrected chi connectivity index (χ2v) is 9.03. The van der Waals surface area contributed by atoms with Gasteiger partial charge < -0.3 is 15.1 Å². The zero-order chi connectivity index (χ0) is 20.8. The summed E-state index contributed by atoms with van der Waals surface area (Å²) in [5.41, 5.74) is 2.83. The Labute approximate surface area is 186 Å². The SMILES string of the molecule is CN(C)CCCNc1ccccc1/C=C1\SCCN(c2ccc(Cl)c(Cl)c2)C1=O. The quantitative estimate of drug-likeness (QED) is 0.448. The first kappa shape index (κ1) is 22.0. The summed E-state index contributed by atoms with van der Waals surface area (Å²) in [5.74, 6) is 0.818. The van der Waals surface area contributed by atoms with Crippen LogP contribution in [0, 0.1) is 0 Å². The number of thioether (sulfide) groups is 1. The van der Waals surface area contributed by atoms with E-state index in [0.29, 0.717) is 16.6 Å². The molecule has 1 aliphatic heterocycles. The Hall–Kier alpha value is -1.66. The molecule has 0 atom stereocenters. The van der Waals surface area contributed by atoms with Crippen molar-refractivity contribution >= 4 is 58.3 Å². The van der Waals surface area contributed by atoms with E-state index in [4.69, 9.17) is 23.2 Å². The van der Waals surface area contributed by atoms with Gasteiger partial charge in [0.15, 0.2) is 0 Å². The maximum atomic E-state index is 13.1. The Bertz CT molecular complexity index is 901. The van der Waals surface area contributed by atoms with Crippen LogP contribution in [0.1, 0.15) is 12.0 Å². The van der Waals surface area contributed by atoms with Gasteiger partial charge in [0.05, 0.1) is 15.0 Å².